The van der Waals surface area contributed by atoms with Crippen molar-refractivity contribution in [2.45, 2.75) is 13.0 Å². The normalized spacial score (nSPS) is 14.7. The van der Waals surface area contributed by atoms with Crippen molar-refractivity contribution in [1.82, 2.24) is 0 Å². The minimum Gasteiger partial charge on any atom is -0.398 e. The zero-order chi connectivity index (χ0) is 14.4. The molecule has 0 bridgehead atoms. The van der Waals surface area contributed by atoms with Crippen molar-refractivity contribution in [3.05, 3.63) is 64.2 Å². The molecular weight excluding hydrogens is 252 g/mol. The van der Waals surface area contributed by atoms with Gasteiger partial charge in [-0.2, -0.15) is 0 Å². The molecule has 2 aromatic carbocycles. The van der Waals surface area contributed by atoms with Crippen molar-refractivity contribution in [3.8, 4) is 0 Å². The van der Waals surface area contributed by atoms with Gasteiger partial charge in [-0.25, -0.2) is 0 Å². The van der Waals surface area contributed by atoms with Crippen LogP contribution >= 0.6 is 0 Å². The standard InChI is InChI=1S/C16H14N2O2/c1-8(17)9-6-7-12-13(14(9)18)16(20)11-5-3-2-4-10(11)15(12)19/h2-8H,17-18H2,1H3. The van der Waals surface area contributed by atoms with E-state index in [1.807, 2.05) is 0 Å². The summed E-state index contributed by atoms with van der Waals surface area (Å²) in [6.07, 6.45) is 0. The molecule has 0 heterocycles. The third-order valence-corrected chi connectivity index (χ3v) is 3.66. The number of anilines is 1. The summed E-state index contributed by atoms with van der Waals surface area (Å²) in [5, 5.41) is 0. The Morgan fingerprint density at radius 1 is 0.900 bits per heavy atom. The van der Waals surface area contributed by atoms with E-state index in [-0.39, 0.29) is 23.2 Å². The van der Waals surface area contributed by atoms with E-state index in [9.17, 15) is 9.59 Å². The summed E-state index contributed by atoms with van der Waals surface area (Å²) in [4.78, 5) is 25.0. The Kier molecular flexibility index (Phi) is 2.69. The molecule has 1 aliphatic rings. The molecule has 1 unspecified atom stereocenters. The fourth-order valence-corrected chi connectivity index (χ4v) is 2.63. The van der Waals surface area contributed by atoms with Gasteiger partial charge >= 0.3 is 0 Å². The molecule has 1 atom stereocenters. The first-order valence-corrected chi connectivity index (χ1v) is 6.38. The van der Waals surface area contributed by atoms with Crippen LogP contribution in [-0.2, 0) is 0 Å². The molecule has 1 aliphatic carbocycles. The summed E-state index contributed by atoms with van der Waals surface area (Å²) in [6.45, 7) is 1.79. The minimum absolute atomic E-state index is 0.168. The monoisotopic (exact) mass is 266 g/mol. The zero-order valence-corrected chi connectivity index (χ0v) is 11.0. The molecule has 0 saturated heterocycles. The average molecular weight is 266 g/mol. The first-order chi connectivity index (χ1) is 9.52. The Balaban J connectivity index is 2.31. The molecular formula is C16H14N2O2. The maximum atomic E-state index is 12.6. The van der Waals surface area contributed by atoms with Gasteiger partial charge in [-0.15, -0.1) is 0 Å². The molecule has 4 nitrogen and oxygen atoms in total. The lowest BCUT2D eigenvalue weighted by Gasteiger charge is -2.21. The lowest BCUT2D eigenvalue weighted by Crippen LogP contribution is -2.23. The van der Waals surface area contributed by atoms with Crippen LogP contribution in [0.25, 0.3) is 0 Å². The van der Waals surface area contributed by atoms with Crippen molar-refractivity contribution in [2.24, 2.45) is 5.73 Å². The van der Waals surface area contributed by atoms with Crippen LogP contribution in [0.2, 0.25) is 0 Å². The number of carbonyl (C=O) groups excluding carboxylic acids is 2. The molecule has 3 rings (SSSR count). The quantitative estimate of drug-likeness (QED) is 0.660. The largest absolute Gasteiger partial charge is 0.398 e. The van der Waals surface area contributed by atoms with Crippen molar-refractivity contribution in [2.75, 3.05) is 5.73 Å². The molecule has 2 aromatic rings. The van der Waals surface area contributed by atoms with Crippen LogP contribution in [0, 0.1) is 0 Å². The van der Waals surface area contributed by atoms with Gasteiger partial charge in [-0.3, -0.25) is 9.59 Å². The molecule has 0 radical (unpaired) electrons. The van der Waals surface area contributed by atoms with Crippen LogP contribution in [0.3, 0.4) is 0 Å². The summed E-state index contributed by atoms with van der Waals surface area (Å²) in [5.74, 6) is -0.381. The second kappa shape index (κ2) is 4.28. The summed E-state index contributed by atoms with van der Waals surface area (Å²) in [6, 6.07) is 9.86. The molecule has 100 valence electrons. The predicted molar refractivity (Wildman–Crippen MR) is 76.8 cm³/mol. The smallest absolute Gasteiger partial charge is 0.196 e. The van der Waals surface area contributed by atoms with Gasteiger partial charge in [0.05, 0.1) is 5.56 Å². The maximum Gasteiger partial charge on any atom is 0.196 e. The summed E-state index contributed by atoms with van der Waals surface area (Å²) in [7, 11) is 0. The fraction of sp³-hybridized carbons (Fsp3) is 0.125. The van der Waals surface area contributed by atoms with Crippen molar-refractivity contribution >= 4 is 17.3 Å². The summed E-state index contributed by atoms with van der Waals surface area (Å²) in [5.41, 5.74) is 14.4. The first-order valence-electron chi connectivity index (χ1n) is 6.38. The van der Waals surface area contributed by atoms with E-state index in [4.69, 9.17) is 11.5 Å². The van der Waals surface area contributed by atoms with E-state index in [1.54, 1.807) is 43.3 Å². The lowest BCUT2D eigenvalue weighted by atomic mass is 9.81. The van der Waals surface area contributed by atoms with E-state index >= 15 is 0 Å². The fourth-order valence-electron chi connectivity index (χ4n) is 2.63. The van der Waals surface area contributed by atoms with Crippen LogP contribution in [0.5, 0.6) is 0 Å². The molecule has 0 amide bonds. The van der Waals surface area contributed by atoms with Gasteiger partial charge in [0.2, 0.25) is 0 Å². The molecule has 0 fully saturated rings. The summed E-state index contributed by atoms with van der Waals surface area (Å²) >= 11 is 0. The number of hydrogen-bond donors (Lipinski definition) is 2. The molecule has 4 heteroatoms. The Morgan fingerprint density at radius 3 is 2.10 bits per heavy atom. The number of ketones is 2. The Bertz CT molecular complexity index is 748. The van der Waals surface area contributed by atoms with Crippen LogP contribution in [0.15, 0.2) is 36.4 Å². The number of carbonyl (C=O) groups is 2. The molecule has 0 saturated carbocycles. The highest BCUT2D eigenvalue weighted by Crippen LogP contribution is 2.33. The van der Waals surface area contributed by atoms with E-state index < -0.39 is 0 Å². The third kappa shape index (κ3) is 1.58. The highest BCUT2D eigenvalue weighted by atomic mass is 16.1. The van der Waals surface area contributed by atoms with Crippen LogP contribution in [0.4, 0.5) is 5.69 Å². The van der Waals surface area contributed by atoms with Gasteiger partial charge in [-0.05, 0) is 18.6 Å². The average Bonchev–Trinajstić information content (AvgIpc) is 2.44. The van der Waals surface area contributed by atoms with Gasteiger partial charge in [0.1, 0.15) is 0 Å². The van der Waals surface area contributed by atoms with Gasteiger partial charge in [0.15, 0.2) is 11.6 Å². The van der Waals surface area contributed by atoms with Crippen molar-refractivity contribution in [1.29, 1.82) is 0 Å². The Labute approximate surface area is 116 Å². The molecule has 0 aliphatic heterocycles. The number of fused-ring (bicyclic) bond motifs is 2. The Morgan fingerprint density at radius 2 is 1.50 bits per heavy atom. The van der Waals surface area contributed by atoms with Crippen LogP contribution in [0.1, 0.15) is 50.4 Å². The maximum absolute atomic E-state index is 12.6. The highest BCUT2D eigenvalue weighted by molar-refractivity contribution is 6.30. The third-order valence-electron chi connectivity index (χ3n) is 3.66. The molecule has 0 spiro atoms. The second-order valence-corrected chi connectivity index (χ2v) is 4.98. The van der Waals surface area contributed by atoms with Crippen molar-refractivity contribution in [3.63, 3.8) is 0 Å². The van der Waals surface area contributed by atoms with Gasteiger partial charge in [0, 0.05) is 28.4 Å². The van der Waals surface area contributed by atoms with E-state index in [1.165, 1.54) is 0 Å². The Hall–Kier alpha value is -2.46. The minimum atomic E-state index is -0.291. The lowest BCUT2D eigenvalue weighted by molar-refractivity contribution is 0.0979. The molecule has 0 aromatic heterocycles. The van der Waals surface area contributed by atoms with Gasteiger partial charge < -0.3 is 11.5 Å². The zero-order valence-electron chi connectivity index (χ0n) is 11.0. The highest BCUT2D eigenvalue weighted by Gasteiger charge is 2.32. The SMILES string of the molecule is CC(N)c1ccc2c(c1N)C(=O)c1ccccc1C2=O. The summed E-state index contributed by atoms with van der Waals surface area (Å²) < 4.78 is 0. The first kappa shape index (κ1) is 12.6. The second-order valence-electron chi connectivity index (χ2n) is 4.98. The van der Waals surface area contributed by atoms with Crippen LogP contribution in [-0.4, -0.2) is 11.6 Å². The predicted octanol–water partition coefficient (Wildman–Crippen LogP) is 2.06. The van der Waals surface area contributed by atoms with Crippen molar-refractivity contribution < 1.29 is 9.59 Å². The molecule has 4 N–H and O–H groups in total. The van der Waals surface area contributed by atoms with Gasteiger partial charge in [-0.1, -0.05) is 30.3 Å². The number of nitrogen functional groups attached to an aromatic ring is 1. The number of benzene rings is 2. The van der Waals surface area contributed by atoms with Crippen LogP contribution < -0.4 is 11.5 Å². The van der Waals surface area contributed by atoms with Gasteiger partial charge in [0.25, 0.3) is 0 Å². The number of hydrogen-bond acceptors (Lipinski definition) is 4. The number of rotatable bonds is 1. The van der Waals surface area contributed by atoms with E-state index in [0.717, 1.165) is 0 Å². The van der Waals surface area contributed by atoms with E-state index in [2.05, 4.69) is 0 Å². The number of nitrogens with two attached hydrogens (primary N) is 2. The molecule has 20 heavy (non-hydrogen) atoms. The van der Waals surface area contributed by atoms with E-state index in [0.29, 0.717) is 27.9 Å². The topological polar surface area (TPSA) is 86.2 Å².